The zero-order valence-electron chi connectivity index (χ0n) is 11.8. The van der Waals surface area contributed by atoms with Gasteiger partial charge in [0.1, 0.15) is 5.75 Å². The maximum Gasteiger partial charge on any atom is 0.223 e. The number of benzene rings is 1. The Morgan fingerprint density at radius 1 is 1.40 bits per heavy atom. The molecule has 106 valence electrons. The Kier molecular flexibility index (Phi) is 3.69. The van der Waals surface area contributed by atoms with Crippen molar-refractivity contribution in [2.45, 2.75) is 38.3 Å². The van der Waals surface area contributed by atoms with Gasteiger partial charge in [-0.3, -0.25) is 0 Å². The van der Waals surface area contributed by atoms with Gasteiger partial charge in [0, 0.05) is 13.0 Å². The van der Waals surface area contributed by atoms with Gasteiger partial charge < -0.3 is 14.6 Å². The van der Waals surface area contributed by atoms with Crippen LogP contribution in [-0.4, -0.2) is 23.3 Å². The van der Waals surface area contributed by atoms with Crippen molar-refractivity contribution in [3.8, 4) is 5.75 Å². The lowest BCUT2D eigenvalue weighted by atomic mass is 9.76. The Morgan fingerprint density at radius 2 is 2.25 bits per heavy atom. The number of nitrogens with one attached hydrogen (secondary N) is 1. The minimum atomic E-state index is 0.532. The molecule has 1 aliphatic carbocycles. The first-order valence-electron chi connectivity index (χ1n) is 6.91. The summed E-state index contributed by atoms with van der Waals surface area (Å²) < 4.78 is 10.2. The number of hydrogen-bond donors (Lipinski definition) is 1. The topological polar surface area (TPSA) is 60.2 Å². The van der Waals surface area contributed by atoms with Gasteiger partial charge in [0.15, 0.2) is 5.82 Å². The SMILES string of the molecule is COc1cccc(C2CC(NCc3noc(C)n3)C2)c1. The van der Waals surface area contributed by atoms with Gasteiger partial charge in [-0.15, -0.1) is 0 Å². The summed E-state index contributed by atoms with van der Waals surface area (Å²) in [5.41, 5.74) is 1.36. The van der Waals surface area contributed by atoms with Gasteiger partial charge in [-0.05, 0) is 36.5 Å². The molecule has 0 spiro atoms. The molecular weight excluding hydrogens is 254 g/mol. The molecule has 1 aliphatic rings. The van der Waals surface area contributed by atoms with Gasteiger partial charge in [-0.1, -0.05) is 17.3 Å². The summed E-state index contributed by atoms with van der Waals surface area (Å²) in [6.07, 6.45) is 2.29. The maximum atomic E-state index is 5.27. The number of nitrogens with zero attached hydrogens (tertiary/aromatic N) is 2. The third kappa shape index (κ3) is 2.82. The van der Waals surface area contributed by atoms with Gasteiger partial charge in [-0.2, -0.15) is 4.98 Å². The van der Waals surface area contributed by atoms with Crippen LogP contribution in [0.15, 0.2) is 28.8 Å². The summed E-state index contributed by atoms with van der Waals surface area (Å²) in [7, 11) is 1.71. The second-order valence-electron chi connectivity index (χ2n) is 5.25. The molecular formula is C15H19N3O2. The highest BCUT2D eigenvalue weighted by Gasteiger charge is 2.30. The first kappa shape index (κ1) is 13.1. The number of aromatic nitrogens is 2. The Balaban J connectivity index is 1.48. The lowest BCUT2D eigenvalue weighted by Gasteiger charge is -2.36. The van der Waals surface area contributed by atoms with Crippen molar-refractivity contribution in [3.05, 3.63) is 41.5 Å². The predicted molar refractivity (Wildman–Crippen MR) is 74.6 cm³/mol. The molecule has 0 aliphatic heterocycles. The summed E-state index contributed by atoms with van der Waals surface area (Å²) in [5.74, 6) is 2.90. The second-order valence-corrected chi connectivity index (χ2v) is 5.25. The maximum absolute atomic E-state index is 5.27. The number of rotatable bonds is 5. The zero-order chi connectivity index (χ0) is 13.9. The molecule has 2 aromatic rings. The number of ether oxygens (including phenoxy) is 1. The Labute approximate surface area is 118 Å². The molecule has 1 saturated carbocycles. The van der Waals surface area contributed by atoms with Crippen LogP contribution in [0.1, 0.15) is 36.0 Å². The minimum absolute atomic E-state index is 0.532. The molecule has 0 saturated heterocycles. The Bertz CT molecular complexity index is 576. The molecule has 0 atom stereocenters. The van der Waals surface area contributed by atoms with Gasteiger partial charge in [0.2, 0.25) is 5.89 Å². The van der Waals surface area contributed by atoms with Crippen molar-refractivity contribution in [1.29, 1.82) is 0 Å². The second kappa shape index (κ2) is 5.63. The molecule has 1 N–H and O–H groups in total. The van der Waals surface area contributed by atoms with E-state index in [4.69, 9.17) is 9.26 Å². The molecule has 20 heavy (non-hydrogen) atoms. The Hall–Kier alpha value is -1.88. The number of aryl methyl sites for hydroxylation is 1. The predicted octanol–water partition coefficient (Wildman–Crippen LogP) is 2.42. The van der Waals surface area contributed by atoms with E-state index in [0.29, 0.717) is 24.4 Å². The first-order valence-corrected chi connectivity index (χ1v) is 6.91. The number of methoxy groups -OCH3 is 1. The van der Waals surface area contributed by atoms with Crippen LogP contribution >= 0.6 is 0 Å². The summed E-state index contributed by atoms with van der Waals surface area (Å²) in [6, 6.07) is 8.87. The molecule has 1 aromatic heterocycles. The average molecular weight is 273 g/mol. The van der Waals surface area contributed by atoms with E-state index in [1.54, 1.807) is 14.0 Å². The van der Waals surface area contributed by atoms with Crippen molar-refractivity contribution in [2.24, 2.45) is 0 Å². The monoisotopic (exact) mass is 273 g/mol. The highest BCUT2D eigenvalue weighted by atomic mass is 16.5. The fourth-order valence-corrected chi connectivity index (χ4v) is 2.60. The van der Waals surface area contributed by atoms with E-state index < -0.39 is 0 Å². The molecule has 0 unspecified atom stereocenters. The van der Waals surface area contributed by atoms with E-state index in [0.717, 1.165) is 24.4 Å². The van der Waals surface area contributed by atoms with E-state index in [9.17, 15) is 0 Å². The molecule has 5 nitrogen and oxygen atoms in total. The first-order chi connectivity index (χ1) is 9.74. The summed E-state index contributed by atoms with van der Waals surface area (Å²) >= 11 is 0. The summed E-state index contributed by atoms with van der Waals surface area (Å²) in [6.45, 7) is 2.48. The van der Waals surface area contributed by atoms with E-state index in [1.165, 1.54) is 5.56 Å². The van der Waals surface area contributed by atoms with Crippen LogP contribution < -0.4 is 10.1 Å². The molecule has 5 heteroatoms. The highest BCUT2D eigenvalue weighted by Crippen LogP contribution is 2.37. The van der Waals surface area contributed by atoms with Crippen LogP contribution in [0.4, 0.5) is 0 Å². The molecule has 1 aromatic carbocycles. The molecule has 1 heterocycles. The van der Waals surface area contributed by atoms with Gasteiger partial charge in [-0.25, -0.2) is 0 Å². The average Bonchev–Trinajstić information content (AvgIpc) is 2.83. The normalized spacial score (nSPS) is 21.5. The van der Waals surface area contributed by atoms with Crippen LogP contribution in [0.3, 0.4) is 0 Å². The van der Waals surface area contributed by atoms with Crippen LogP contribution in [0, 0.1) is 6.92 Å². The van der Waals surface area contributed by atoms with Crippen molar-refractivity contribution in [1.82, 2.24) is 15.5 Å². The largest absolute Gasteiger partial charge is 0.497 e. The van der Waals surface area contributed by atoms with E-state index >= 15 is 0 Å². The van der Waals surface area contributed by atoms with E-state index in [-0.39, 0.29) is 0 Å². The third-order valence-corrected chi connectivity index (χ3v) is 3.82. The molecule has 0 bridgehead atoms. The van der Waals surface area contributed by atoms with Crippen molar-refractivity contribution < 1.29 is 9.26 Å². The molecule has 1 fully saturated rings. The molecule has 0 radical (unpaired) electrons. The quantitative estimate of drug-likeness (QED) is 0.906. The standard InChI is InChI=1S/C15H19N3O2/c1-10-17-15(18-20-10)9-16-13-6-12(7-13)11-4-3-5-14(8-11)19-2/h3-5,8,12-13,16H,6-7,9H2,1-2H3. The van der Waals surface area contributed by atoms with Crippen molar-refractivity contribution in [2.75, 3.05) is 7.11 Å². The smallest absolute Gasteiger partial charge is 0.223 e. The summed E-state index contributed by atoms with van der Waals surface area (Å²) in [5, 5.41) is 7.34. The lowest BCUT2D eigenvalue weighted by Crippen LogP contribution is -2.39. The van der Waals surface area contributed by atoms with Crippen LogP contribution in [0.5, 0.6) is 5.75 Å². The summed E-state index contributed by atoms with van der Waals surface area (Å²) in [4.78, 5) is 4.18. The van der Waals surface area contributed by atoms with Gasteiger partial charge >= 0.3 is 0 Å². The fourth-order valence-electron chi connectivity index (χ4n) is 2.60. The number of hydrogen-bond acceptors (Lipinski definition) is 5. The van der Waals surface area contributed by atoms with E-state index in [2.05, 4.69) is 33.7 Å². The van der Waals surface area contributed by atoms with Crippen LogP contribution in [0.25, 0.3) is 0 Å². The van der Waals surface area contributed by atoms with Crippen LogP contribution in [-0.2, 0) is 6.54 Å². The van der Waals surface area contributed by atoms with Gasteiger partial charge in [0.05, 0.1) is 13.7 Å². The van der Waals surface area contributed by atoms with Gasteiger partial charge in [0.25, 0.3) is 0 Å². The van der Waals surface area contributed by atoms with Crippen LogP contribution in [0.2, 0.25) is 0 Å². The molecule has 3 rings (SSSR count). The lowest BCUT2D eigenvalue weighted by molar-refractivity contribution is 0.284. The zero-order valence-corrected chi connectivity index (χ0v) is 11.8. The third-order valence-electron chi connectivity index (χ3n) is 3.82. The molecule has 0 amide bonds. The van der Waals surface area contributed by atoms with Crippen molar-refractivity contribution >= 4 is 0 Å². The van der Waals surface area contributed by atoms with Crippen molar-refractivity contribution in [3.63, 3.8) is 0 Å². The van der Waals surface area contributed by atoms with E-state index in [1.807, 2.05) is 6.07 Å². The highest BCUT2D eigenvalue weighted by molar-refractivity contribution is 5.32. The minimum Gasteiger partial charge on any atom is -0.497 e. The fraction of sp³-hybridized carbons (Fsp3) is 0.467. The Morgan fingerprint density at radius 3 is 2.95 bits per heavy atom.